The smallest absolute Gasteiger partial charge is 0.492 e. The molecule has 0 radical (unpaired) electrons. The minimum atomic E-state index is -1.69. The minimum absolute atomic E-state index is 0.142. The molecule has 1 rings (SSSR count). The molecule has 1 heterocycles. The zero-order valence-electron chi connectivity index (χ0n) is 9.02. The fourth-order valence-electron chi connectivity index (χ4n) is 1.22. The van der Waals surface area contributed by atoms with E-state index in [1.807, 2.05) is 22.6 Å². The number of ether oxygens (including phenoxy) is 3. The molecule has 88 valence electrons. The van der Waals surface area contributed by atoms with E-state index < -0.39 is 7.12 Å². The van der Waals surface area contributed by atoms with Crippen molar-refractivity contribution in [1.29, 1.82) is 0 Å². The molecule has 0 bridgehead atoms. The first kappa shape index (κ1) is 13.3. The molecule has 0 fully saturated rings. The summed E-state index contributed by atoms with van der Waals surface area (Å²) in [6.45, 7) is 0. The highest BCUT2D eigenvalue weighted by Gasteiger charge is 2.28. The first-order valence-electron chi connectivity index (χ1n) is 4.28. The summed E-state index contributed by atoms with van der Waals surface area (Å²) in [5.41, 5.74) is 0.173. The maximum atomic E-state index is 9.29. The lowest BCUT2D eigenvalue weighted by Crippen LogP contribution is -2.34. The number of pyridine rings is 1. The van der Waals surface area contributed by atoms with Crippen LogP contribution < -0.4 is 19.7 Å². The lowest BCUT2D eigenvalue weighted by atomic mass is 9.80. The monoisotopic (exact) mass is 339 g/mol. The lowest BCUT2D eigenvalue weighted by molar-refractivity contribution is 0.327. The van der Waals surface area contributed by atoms with Crippen LogP contribution in [0.15, 0.2) is 0 Å². The van der Waals surface area contributed by atoms with Gasteiger partial charge in [-0.1, -0.05) is 0 Å². The first-order chi connectivity index (χ1) is 7.56. The Hall–Kier alpha value is -0.735. The fraction of sp³-hybridized carbons (Fsp3) is 0.375. The maximum absolute atomic E-state index is 9.29. The van der Waals surface area contributed by atoms with Crippen LogP contribution in [0, 0.1) is 3.57 Å². The molecular formula is C8H11BINO5. The van der Waals surface area contributed by atoms with Gasteiger partial charge in [0, 0.05) is 5.46 Å². The number of aromatic nitrogens is 1. The summed E-state index contributed by atoms with van der Waals surface area (Å²) in [5.74, 6) is 0.576. The Morgan fingerprint density at radius 1 is 1.06 bits per heavy atom. The van der Waals surface area contributed by atoms with Crippen LogP contribution in [-0.2, 0) is 0 Å². The van der Waals surface area contributed by atoms with E-state index in [9.17, 15) is 10.0 Å². The normalized spacial score (nSPS) is 9.88. The van der Waals surface area contributed by atoms with Gasteiger partial charge in [0.05, 0.1) is 24.9 Å². The van der Waals surface area contributed by atoms with Crippen molar-refractivity contribution in [3.05, 3.63) is 3.57 Å². The predicted octanol–water partition coefficient (Wildman–Crippen LogP) is -0.608. The van der Waals surface area contributed by atoms with E-state index in [1.165, 1.54) is 21.3 Å². The van der Waals surface area contributed by atoms with Crippen molar-refractivity contribution < 1.29 is 24.3 Å². The molecule has 2 N–H and O–H groups in total. The van der Waals surface area contributed by atoms with Crippen LogP contribution in [-0.4, -0.2) is 43.5 Å². The molecule has 8 heteroatoms. The molecule has 16 heavy (non-hydrogen) atoms. The molecule has 0 amide bonds. The number of rotatable bonds is 4. The van der Waals surface area contributed by atoms with Crippen LogP contribution >= 0.6 is 22.6 Å². The molecule has 0 unspecified atom stereocenters. The van der Waals surface area contributed by atoms with Crippen molar-refractivity contribution >= 4 is 35.2 Å². The van der Waals surface area contributed by atoms with Gasteiger partial charge < -0.3 is 24.3 Å². The van der Waals surface area contributed by atoms with E-state index in [4.69, 9.17) is 14.2 Å². The number of nitrogens with zero attached hydrogens (tertiary/aromatic N) is 1. The Bertz CT molecular complexity index is 387. The summed E-state index contributed by atoms with van der Waals surface area (Å²) in [4.78, 5) is 4.02. The van der Waals surface area contributed by atoms with Gasteiger partial charge in [0.2, 0.25) is 5.88 Å². The highest BCUT2D eigenvalue weighted by atomic mass is 127. The van der Waals surface area contributed by atoms with Gasteiger partial charge in [0.25, 0.3) is 5.88 Å². The molecule has 0 saturated heterocycles. The number of methoxy groups -OCH3 is 3. The highest BCUT2D eigenvalue weighted by Crippen LogP contribution is 2.29. The second-order valence-corrected chi connectivity index (χ2v) is 3.84. The van der Waals surface area contributed by atoms with E-state index in [2.05, 4.69) is 4.98 Å². The third-order valence-corrected chi connectivity index (χ3v) is 2.96. The maximum Gasteiger partial charge on any atom is 0.493 e. The van der Waals surface area contributed by atoms with Crippen LogP contribution in [0.4, 0.5) is 0 Å². The van der Waals surface area contributed by atoms with Crippen molar-refractivity contribution in [2.45, 2.75) is 0 Å². The average Bonchev–Trinajstić information content (AvgIpc) is 2.27. The topological polar surface area (TPSA) is 81.0 Å². The standard InChI is InChI=1S/C8H11BINO5/c1-14-6-4(9(12)13)5(10)7(15-2)11-8(6)16-3/h12-13H,1-3H3. The predicted molar refractivity (Wildman–Crippen MR) is 66.4 cm³/mol. The van der Waals surface area contributed by atoms with Crippen molar-refractivity contribution in [3.63, 3.8) is 0 Å². The molecule has 1 aromatic rings. The van der Waals surface area contributed by atoms with Crippen molar-refractivity contribution in [2.75, 3.05) is 21.3 Å². The van der Waals surface area contributed by atoms with Crippen LogP contribution in [0.5, 0.6) is 17.5 Å². The quantitative estimate of drug-likeness (QED) is 0.563. The van der Waals surface area contributed by atoms with Gasteiger partial charge in [-0.15, -0.1) is 0 Å². The van der Waals surface area contributed by atoms with Gasteiger partial charge in [0.1, 0.15) is 0 Å². The molecule has 0 atom stereocenters. The van der Waals surface area contributed by atoms with E-state index in [0.29, 0.717) is 3.57 Å². The van der Waals surface area contributed by atoms with Gasteiger partial charge >= 0.3 is 7.12 Å². The molecule has 0 aliphatic carbocycles. The summed E-state index contributed by atoms with van der Waals surface area (Å²) in [5, 5.41) is 18.6. The van der Waals surface area contributed by atoms with Crippen molar-refractivity contribution in [2.24, 2.45) is 0 Å². The van der Waals surface area contributed by atoms with E-state index in [-0.39, 0.29) is 23.0 Å². The van der Waals surface area contributed by atoms with Gasteiger partial charge in [-0.2, -0.15) is 4.98 Å². The molecule has 0 aromatic carbocycles. The Balaban J connectivity index is 3.51. The van der Waals surface area contributed by atoms with Crippen molar-refractivity contribution in [1.82, 2.24) is 4.98 Å². The summed E-state index contributed by atoms with van der Waals surface area (Å²) in [7, 11) is 2.55. The molecule has 1 aromatic heterocycles. The van der Waals surface area contributed by atoms with Crippen LogP contribution in [0.25, 0.3) is 0 Å². The van der Waals surface area contributed by atoms with E-state index in [1.54, 1.807) is 0 Å². The zero-order valence-corrected chi connectivity index (χ0v) is 11.2. The SMILES string of the molecule is COc1nc(OC)c(OC)c(B(O)O)c1I. The Morgan fingerprint density at radius 2 is 1.62 bits per heavy atom. The van der Waals surface area contributed by atoms with Crippen LogP contribution in [0.2, 0.25) is 0 Å². The lowest BCUT2D eigenvalue weighted by Gasteiger charge is -2.15. The van der Waals surface area contributed by atoms with E-state index >= 15 is 0 Å². The minimum Gasteiger partial charge on any atom is -0.492 e. The van der Waals surface area contributed by atoms with Crippen LogP contribution in [0.1, 0.15) is 0 Å². The van der Waals surface area contributed by atoms with E-state index in [0.717, 1.165) is 0 Å². The highest BCUT2D eigenvalue weighted by molar-refractivity contribution is 14.1. The molecule has 0 saturated carbocycles. The molecule has 0 aliphatic heterocycles. The Morgan fingerprint density at radius 3 is 2.00 bits per heavy atom. The number of hydrogen-bond acceptors (Lipinski definition) is 6. The second kappa shape index (κ2) is 5.55. The number of hydrogen-bond donors (Lipinski definition) is 2. The van der Waals surface area contributed by atoms with Gasteiger partial charge in [-0.3, -0.25) is 0 Å². The summed E-state index contributed by atoms with van der Waals surface area (Å²) in [6, 6.07) is 0. The molecular weight excluding hydrogens is 328 g/mol. The number of halogens is 1. The Kier molecular flexibility index (Phi) is 4.62. The summed E-state index contributed by atoms with van der Waals surface area (Å²) in [6.07, 6.45) is 0. The molecule has 0 spiro atoms. The van der Waals surface area contributed by atoms with Crippen molar-refractivity contribution in [3.8, 4) is 17.5 Å². The largest absolute Gasteiger partial charge is 0.493 e. The van der Waals surface area contributed by atoms with Gasteiger partial charge in [0.15, 0.2) is 5.75 Å². The molecule has 0 aliphatic rings. The summed E-state index contributed by atoms with van der Waals surface area (Å²) < 4.78 is 15.5. The third kappa shape index (κ3) is 2.33. The van der Waals surface area contributed by atoms with Gasteiger partial charge in [-0.25, -0.2) is 0 Å². The third-order valence-electron chi connectivity index (χ3n) is 1.92. The Labute approximate surface area is 107 Å². The van der Waals surface area contributed by atoms with Gasteiger partial charge in [-0.05, 0) is 22.6 Å². The molecule has 6 nitrogen and oxygen atoms in total. The first-order valence-corrected chi connectivity index (χ1v) is 5.36. The second-order valence-electron chi connectivity index (χ2n) is 2.76. The zero-order chi connectivity index (χ0) is 12.3. The van der Waals surface area contributed by atoms with Crippen LogP contribution in [0.3, 0.4) is 0 Å². The average molecular weight is 339 g/mol. The fourth-order valence-corrected chi connectivity index (χ4v) is 2.09. The summed E-state index contributed by atoms with van der Waals surface area (Å²) >= 11 is 1.90.